The van der Waals surface area contributed by atoms with Crippen LogP contribution in [0.2, 0.25) is 0 Å². The zero-order chi connectivity index (χ0) is 13.6. The topological polar surface area (TPSA) is 53.7 Å². The molecule has 0 unspecified atom stereocenters. The second-order valence-corrected chi connectivity index (χ2v) is 3.69. The Morgan fingerprint density at radius 3 is 2.78 bits per heavy atom. The zero-order valence-electron chi connectivity index (χ0n) is 10.2. The number of aliphatic imine (C=N–C) groups is 1. The van der Waals surface area contributed by atoms with Crippen LogP contribution < -0.4 is 5.32 Å². The summed E-state index contributed by atoms with van der Waals surface area (Å²) in [6.45, 7) is 0.196. The van der Waals surface area contributed by atoms with E-state index in [9.17, 15) is 13.2 Å². The van der Waals surface area contributed by atoms with Gasteiger partial charge in [0.05, 0.1) is 13.0 Å². The van der Waals surface area contributed by atoms with Gasteiger partial charge in [0.25, 0.3) is 0 Å². The molecule has 0 fully saturated rings. The number of nitrogens with zero attached hydrogens (tertiary/aromatic N) is 3. The summed E-state index contributed by atoms with van der Waals surface area (Å²) in [6, 6.07) is 1.68. The molecule has 1 rings (SSSR count). The molecule has 1 aromatic heterocycles. The minimum absolute atomic E-state index is 0.209. The third-order valence-corrected chi connectivity index (χ3v) is 2.16. The van der Waals surface area contributed by atoms with E-state index >= 15 is 0 Å². The maximum Gasteiger partial charge on any atom is 0.390 e. The Labute approximate surface area is 103 Å². The number of guanidine groups is 1. The minimum Gasteiger partial charge on any atom is -0.364 e. The average molecular weight is 264 g/mol. The van der Waals surface area contributed by atoms with Crippen molar-refractivity contribution in [2.45, 2.75) is 19.1 Å². The van der Waals surface area contributed by atoms with Crippen LogP contribution in [-0.4, -0.2) is 42.8 Å². The van der Waals surface area contributed by atoms with Crippen molar-refractivity contribution in [3.05, 3.63) is 18.0 Å². The van der Waals surface area contributed by atoms with Crippen LogP contribution in [0.1, 0.15) is 12.1 Å². The van der Waals surface area contributed by atoms with Gasteiger partial charge in [0, 0.05) is 26.7 Å². The molecule has 0 aliphatic carbocycles. The maximum absolute atomic E-state index is 12.0. The second kappa shape index (κ2) is 6.27. The van der Waals surface area contributed by atoms with Crippen LogP contribution in [0.25, 0.3) is 0 Å². The van der Waals surface area contributed by atoms with Crippen molar-refractivity contribution in [2.24, 2.45) is 4.99 Å². The van der Waals surface area contributed by atoms with E-state index in [1.165, 1.54) is 13.3 Å². The van der Waals surface area contributed by atoms with Gasteiger partial charge in [-0.1, -0.05) is 5.16 Å². The number of hydrogen-bond donors (Lipinski definition) is 1. The molecular weight excluding hydrogens is 249 g/mol. The first-order valence-corrected chi connectivity index (χ1v) is 5.30. The molecule has 8 heteroatoms. The third kappa shape index (κ3) is 5.07. The summed E-state index contributed by atoms with van der Waals surface area (Å²) in [5, 5.41) is 6.35. The highest BCUT2D eigenvalue weighted by molar-refractivity contribution is 5.79. The summed E-state index contributed by atoms with van der Waals surface area (Å²) in [5.74, 6) is 0.377. The quantitative estimate of drug-likeness (QED) is 0.663. The molecule has 0 aromatic carbocycles. The molecule has 0 atom stereocenters. The van der Waals surface area contributed by atoms with Gasteiger partial charge in [-0.3, -0.25) is 4.99 Å². The van der Waals surface area contributed by atoms with Gasteiger partial charge in [0.15, 0.2) is 5.96 Å². The fourth-order valence-corrected chi connectivity index (χ4v) is 1.34. The summed E-state index contributed by atoms with van der Waals surface area (Å²) < 4.78 is 40.7. The van der Waals surface area contributed by atoms with Crippen LogP contribution in [0.3, 0.4) is 0 Å². The first-order valence-electron chi connectivity index (χ1n) is 5.30. The number of halogens is 3. The molecule has 1 heterocycles. The smallest absolute Gasteiger partial charge is 0.364 e. The van der Waals surface area contributed by atoms with Gasteiger partial charge in [0.2, 0.25) is 0 Å². The molecule has 0 amide bonds. The lowest BCUT2D eigenvalue weighted by Crippen LogP contribution is -2.39. The molecule has 0 spiro atoms. The summed E-state index contributed by atoms with van der Waals surface area (Å²) in [5.41, 5.74) is 0.677. The standard InChI is InChI=1S/C10H15F3N4O/c1-14-9(15-5-4-10(11,12)13)17(2)7-8-3-6-18-16-8/h3,6H,4-5,7H2,1-2H3,(H,14,15). The predicted octanol–water partition coefficient (Wildman–Crippen LogP) is 1.63. The van der Waals surface area contributed by atoms with Crippen LogP contribution >= 0.6 is 0 Å². The molecule has 1 N–H and O–H groups in total. The van der Waals surface area contributed by atoms with E-state index < -0.39 is 12.6 Å². The molecule has 1 aromatic rings. The molecule has 0 aliphatic heterocycles. The minimum atomic E-state index is -4.17. The molecule has 102 valence electrons. The molecule has 0 aliphatic rings. The van der Waals surface area contributed by atoms with Gasteiger partial charge >= 0.3 is 6.18 Å². The predicted molar refractivity (Wildman–Crippen MR) is 60.0 cm³/mol. The number of nitrogens with one attached hydrogen (secondary N) is 1. The van der Waals surface area contributed by atoms with Gasteiger partial charge in [-0.2, -0.15) is 13.2 Å². The van der Waals surface area contributed by atoms with Crippen LogP contribution in [0.5, 0.6) is 0 Å². The number of rotatable bonds is 4. The fraction of sp³-hybridized carbons (Fsp3) is 0.600. The van der Waals surface area contributed by atoms with Crippen molar-refractivity contribution in [1.82, 2.24) is 15.4 Å². The first kappa shape index (κ1) is 14.3. The van der Waals surface area contributed by atoms with E-state index in [1.54, 1.807) is 18.0 Å². The van der Waals surface area contributed by atoms with Crippen LogP contribution in [0.15, 0.2) is 21.8 Å². The highest BCUT2D eigenvalue weighted by atomic mass is 19.4. The van der Waals surface area contributed by atoms with Gasteiger partial charge in [-0.25, -0.2) is 0 Å². The van der Waals surface area contributed by atoms with Crippen molar-refractivity contribution in [2.75, 3.05) is 20.6 Å². The molecule has 0 saturated carbocycles. The van der Waals surface area contributed by atoms with Crippen molar-refractivity contribution >= 4 is 5.96 Å². The lowest BCUT2D eigenvalue weighted by molar-refractivity contribution is -0.132. The molecular formula is C10H15F3N4O. The number of hydrogen-bond acceptors (Lipinski definition) is 3. The zero-order valence-corrected chi connectivity index (χ0v) is 10.2. The van der Waals surface area contributed by atoms with Gasteiger partial charge in [-0.05, 0) is 0 Å². The van der Waals surface area contributed by atoms with Crippen molar-refractivity contribution in [3.63, 3.8) is 0 Å². The Morgan fingerprint density at radius 2 is 2.28 bits per heavy atom. The lowest BCUT2D eigenvalue weighted by Gasteiger charge is -2.21. The Morgan fingerprint density at radius 1 is 1.56 bits per heavy atom. The van der Waals surface area contributed by atoms with E-state index in [1.807, 2.05) is 0 Å². The fourth-order valence-electron chi connectivity index (χ4n) is 1.34. The summed E-state index contributed by atoms with van der Waals surface area (Å²) >= 11 is 0. The molecule has 0 bridgehead atoms. The average Bonchev–Trinajstić information content (AvgIpc) is 2.75. The Balaban J connectivity index is 2.41. The van der Waals surface area contributed by atoms with E-state index in [0.29, 0.717) is 18.2 Å². The number of alkyl halides is 3. The molecule has 18 heavy (non-hydrogen) atoms. The first-order chi connectivity index (χ1) is 8.42. The van der Waals surface area contributed by atoms with Crippen molar-refractivity contribution in [1.29, 1.82) is 0 Å². The van der Waals surface area contributed by atoms with Crippen LogP contribution in [-0.2, 0) is 6.54 Å². The largest absolute Gasteiger partial charge is 0.390 e. The highest BCUT2D eigenvalue weighted by Gasteiger charge is 2.26. The Kier molecular flexibility index (Phi) is 4.99. The third-order valence-electron chi connectivity index (χ3n) is 2.16. The molecule has 5 nitrogen and oxygen atoms in total. The van der Waals surface area contributed by atoms with E-state index in [2.05, 4.69) is 20.0 Å². The summed E-state index contributed by atoms with van der Waals surface area (Å²) in [4.78, 5) is 5.55. The maximum atomic E-state index is 12.0. The Bertz CT molecular complexity index is 375. The van der Waals surface area contributed by atoms with E-state index in [-0.39, 0.29) is 6.54 Å². The van der Waals surface area contributed by atoms with Crippen LogP contribution in [0.4, 0.5) is 13.2 Å². The molecule has 0 saturated heterocycles. The number of aromatic nitrogens is 1. The van der Waals surface area contributed by atoms with Gasteiger partial charge in [-0.15, -0.1) is 0 Å². The van der Waals surface area contributed by atoms with Crippen molar-refractivity contribution in [3.8, 4) is 0 Å². The van der Waals surface area contributed by atoms with Crippen LogP contribution in [0, 0.1) is 0 Å². The summed E-state index contributed by atoms with van der Waals surface area (Å²) in [7, 11) is 3.22. The second-order valence-electron chi connectivity index (χ2n) is 3.69. The Hall–Kier alpha value is -1.73. The monoisotopic (exact) mass is 264 g/mol. The normalized spacial score (nSPS) is 12.6. The van der Waals surface area contributed by atoms with E-state index in [0.717, 1.165) is 0 Å². The SMILES string of the molecule is CN=C(NCCC(F)(F)F)N(C)Cc1ccon1. The summed E-state index contributed by atoms with van der Waals surface area (Å²) in [6.07, 6.45) is -3.64. The lowest BCUT2D eigenvalue weighted by atomic mass is 10.4. The molecule has 0 radical (unpaired) electrons. The van der Waals surface area contributed by atoms with Gasteiger partial charge < -0.3 is 14.7 Å². The van der Waals surface area contributed by atoms with E-state index in [4.69, 9.17) is 0 Å². The van der Waals surface area contributed by atoms with Crippen molar-refractivity contribution < 1.29 is 17.7 Å². The highest BCUT2D eigenvalue weighted by Crippen LogP contribution is 2.18. The van der Waals surface area contributed by atoms with Gasteiger partial charge in [0.1, 0.15) is 12.0 Å².